The number of hydrogen-bond acceptors (Lipinski definition) is 3. The molecule has 1 saturated heterocycles. The van der Waals surface area contributed by atoms with E-state index in [-0.39, 0.29) is 17.8 Å². The molecule has 13 heavy (non-hydrogen) atoms. The van der Waals surface area contributed by atoms with E-state index in [2.05, 4.69) is 0 Å². The Morgan fingerprint density at radius 2 is 2.15 bits per heavy atom. The molecular weight excluding hydrogens is 170 g/mol. The smallest absolute Gasteiger partial charge is 0.235 e. The second kappa shape index (κ2) is 2.67. The third-order valence-electron chi connectivity index (χ3n) is 2.40. The van der Waals surface area contributed by atoms with Gasteiger partial charge in [-0.15, -0.1) is 0 Å². The molecule has 2 aliphatic heterocycles. The monoisotopic (exact) mass is 181 g/mol. The van der Waals surface area contributed by atoms with Gasteiger partial charge in [0.15, 0.2) is 5.78 Å². The van der Waals surface area contributed by atoms with Gasteiger partial charge in [0.25, 0.3) is 0 Å². The van der Waals surface area contributed by atoms with E-state index in [1.54, 1.807) is 26.2 Å². The molecule has 1 fully saturated rings. The Bertz CT molecular complexity index is 295. The van der Waals surface area contributed by atoms with E-state index >= 15 is 0 Å². The highest BCUT2D eigenvalue weighted by Gasteiger charge is 2.49. The largest absolute Gasteiger partial charge is 0.358 e. The topological polar surface area (TPSA) is 46.6 Å². The normalized spacial score (nSPS) is 35.5. The number of amides is 1. The number of nitrogens with zero attached hydrogens (tertiary/aromatic N) is 1. The number of carbonyl (C=O) groups excluding carboxylic acids is 2. The van der Waals surface area contributed by atoms with Gasteiger partial charge in [-0.05, 0) is 6.08 Å². The maximum Gasteiger partial charge on any atom is 0.235 e. The summed E-state index contributed by atoms with van der Waals surface area (Å²) >= 11 is 0. The molecule has 2 aliphatic rings. The Morgan fingerprint density at radius 1 is 1.46 bits per heavy atom. The summed E-state index contributed by atoms with van der Waals surface area (Å²) in [6.45, 7) is 0. The van der Waals surface area contributed by atoms with Crippen molar-refractivity contribution in [3.8, 4) is 0 Å². The van der Waals surface area contributed by atoms with Gasteiger partial charge >= 0.3 is 0 Å². The van der Waals surface area contributed by atoms with Gasteiger partial charge in [-0.3, -0.25) is 9.59 Å². The second-order valence-corrected chi connectivity index (χ2v) is 3.52. The number of Topliss-reactive ketones (excluding diaryl/α,β-unsaturated/α-hetero) is 1. The molecule has 3 unspecified atom stereocenters. The van der Waals surface area contributed by atoms with Gasteiger partial charge in [0.05, 0.1) is 6.10 Å². The fourth-order valence-electron chi connectivity index (χ4n) is 1.70. The molecule has 3 atom stereocenters. The zero-order chi connectivity index (χ0) is 9.59. The quantitative estimate of drug-likeness (QED) is 0.408. The lowest BCUT2D eigenvalue weighted by atomic mass is 9.92. The minimum Gasteiger partial charge on any atom is -0.358 e. The number of rotatable bonds is 1. The molecule has 0 saturated carbocycles. The average Bonchev–Trinajstić information content (AvgIpc) is 2.62. The van der Waals surface area contributed by atoms with Crippen molar-refractivity contribution in [1.29, 1.82) is 0 Å². The average molecular weight is 181 g/mol. The molecule has 0 radical (unpaired) electrons. The first-order chi connectivity index (χ1) is 6.11. The van der Waals surface area contributed by atoms with E-state index in [1.807, 2.05) is 0 Å². The first-order valence-corrected chi connectivity index (χ1v) is 4.20. The Balaban J connectivity index is 2.22. The number of fused-ring (bicyclic) bond motifs is 2. The van der Waals surface area contributed by atoms with Crippen LogP contribution in [-0.4, -0.2) is 42.9 Å². The van der Waals surface area contributed by atoms with Crippen LogP contribution in [0, 0.1) is 5.92 Å². The Labute approximate surface area is 76.2 Å². The van der Waals surface area contributed by atoms with Crippen LogP contribution < -0.4 is 0 Å². The molecule has 2 rings (SSSR count). The van der Waals surface area contributed by atoms with Crippen molar-refractivity contribution in [2.24, 2.45) is 5.92 Å². The fraction of sp³-hybridized carbons (Fsp3) is 0.556. The summed E-state index contributed by atoms with van der Waals surface area (Å²) in [5.74, 6) is -0.877. The van der Waals surface area contributed by atoms with Crippen LogP contribution in [0.5, 0.6) is 0 Å². The van der Waals surface area contributed by atoms with Gasteiger partial charge < -0.3 is 9.64 Å². The molecule has 2 bridgehead atoms. The summed E-state index contributed by atoms with van der Waals surface area (Å²) in [5, 5.41) is 0. The van der Waals surface area contributed by atoms with Gasteiger partial charge in [0.2, 0.25) is 5.91 Å². The van der Waals surface area contributed by atoms with E-state index in [1.165, 1.54) is 4.90 Å². The van der Waals surface area contributed by atoms with Crippen LogP contribution in [-0.2, 0) is 14.3 Å². The zero-order valence-electron chi connectivity index (χ0n) is 7.56. The maximum atomic E-state index is 11.5. The van der Waals surface area contributed by atoms with Crippen LogP contribution in [0.4, 0.5) is 0 Å². The van der Waals surface area contributed by atoms with Crippen molar-refractivity contribution in [2.45, 2.75) is 12.2 Å². The van der Waals surface area contributed by atoms with Gasteiger partial charge in [0.1, 0.15) is 12.0 Å². The standard InChI is InChI=1S/C9H11NO3/c1-10(2)9(12)7-5-3-4-6(13-5)8(7)11/h3-7H,1-2H3. The van der Waals surface area contributed by atoms with Crippen molar-refractivity contribution < 1.29 is 14.3 Å². The summed E-state index contributed by atoms with van der Waals surface area (Å²) in [4.78, 5) is 24.5. The molecule has 1 amide bonds. The third-order valence-corrected chi connectivity index (χ3v) is 2.40. The predicted molar refractivity (Wildman–Crippen MR) is 45.0 cm³/mol. The SMILES string of the molecule is CN(C)C(=O)C1C(=O)C2C=CC1O2. The van der Waals surface area contributed by atoms with Crippen LogP contribution in [0.15, 0.2) is 12.2 Å². The van der Waals surface area contributed by atoms with Crippen molar-refractivity contribution in [3.63, 3.8) is 0 Å². The number of carbonyl (C=O) groups is 2. The Hall–Kier alpha value is -1.16. The van der Waals surface area contributed by atoms with E-state index in [9.17, 15) is 9.59 Å². The third kappa shape index (κ3) is 1.09. The molecule has 0 aromatic carbocycles. The first kappa shape index (κ1) is 8.44. The van der Waals surface area contributed by atoms with Gasteiger partial charge in [-0.1, -0.05) is 6.08 Å². The van der Waals surface area contributed by atoms with Crippen LogP contribution in [0.25, 0.3) is 0 Å². The summed E-state index contributed by atoms with van der Waals surface area (Å²) in [7, 11) is 3.29. The molecular formula is C9H11NO3. The molecule has 70 valence electrons. The summed E-state index contributed by atoms with van der Waals surface area (Å²) in [6.07, 6.45) is 2.70. The zero-order valence-corrected chi connectivity index (χ0v) is 7.56. The lowest BCUT2D eigenvalue weighted by molar-refractivity contribution is -0.138. The van der Waals surface area contributed by atoms with Gasteiger partial charge in [-0.2, -0.15) is 0 Å². The molecule has 4 nitrogen and oxygen atoms in total. The molecule has 0 aliphatic carbocycles. The lowest BCUT2D eigenvalue weighted by Gasteiger charge is -2.18. The van der Waals surface area contributed by atoms with E-state index in [0.29, 0.717) is 0 Å². The van der Waals surface area contributed by atoms with Crippen LogP contribution in [0.1, 0.15) is 0 Å². The van der Waals surface area contributed by atoms with Crippen molar-refractivity contribution >= 4 is 11.7 Å². The highest BCUT2D eigenvalue weighted by atomic mass is 16.5. The maximum absolute atomic E-state index is 11.5. The number of ketones is 1. The van der Waals surface area contributed by atoms with E-state index in [0.717, 1.165) is 0 Å². The molecule has 4 heteroatoms. The van der Waals surface area contributed by atoms with Gasteiger partial charge in [-0.25, -0.2) is 0 Å². The summed E-state index contributed by atoms with van der Waals surface area (Å²) < 4.78 is 5.26. The minimum absolute atomic E-state index is 0.105. The van der Waals surface area contributed by atoms with Gasteiger partial charge in [0, 0.05) is 14.1 Å². The molecule has 0 aromatic rings. The minimum atomic E-state index is -0.606. The van der Waals surface area contributed by atoms with E-state index in [4.69, 9.17) is 4.74 Å². The summed E-state index contributed by atoms with van der Waals surface area (Å²) in [5.41, 5.74) is 0. The highest BCUT2D eigenvalue weighted by Crippen LogP contribution is 2.31. The second-order valence-electron chi connectivity index (χ2n) is 3.52. The number of ether oxygens (including phenoxy) is 1. The Morgan fingerprint density at radius 3 is 2.62 bits per heavy atom. The van der Waals surface area contributed by atoms with Crippen molar-refractivity contribution in [2.75, 3.05) is 14.1 Å². The summed E-state index contributed by atoms with van der Waals surface area (Å²) in [6, 6.07) is 0. The molecule has 0 N–H and O–H groups in total. The fourth-order valence-corrected chi connectivity index (χ4v) is 1.70. The number of hydrogen-bond donors (Lipinski definition) is 0. The van der Waals surface area contributed by atoms with Crippen molar-refractivity contribution in [1.82, 2.24) is 4.90 Å². The van der Waals surface area contributed by atoms with E-state index < -0.39 is 12.0 Å². The van der Waals surface area contributed by atoms with Crippen LogP contribution >= 0.6 is 0 Å². The molecule has 0 spiro atoms. The highest BCUT2D eigenvalue weighted by molar-refractivity contribution is 6.07. The van der Waals surface area contributed by atoms with Crippen LogP contribution in [0.2, 0.25) is 0 Å². The van der Waals surface area contributed by atoms with Crippen molar-refractivity contribution in [3.05, 3.63) is 12.2 Å². The first-order valence-electron chi connectivity index (χ1n) is 4.20. The Kier molecular flexibility index (Phi) is 1.73. The predicted octanol–water partition coefficient (Wildman–Crippen LogP) is -0.403. The van der Waals surface area contributed by atoms with Crippen LogP contribution in [0.3, 0.4) is 0 Å². The lowest BCUT2D eigenvalue weighted by Crippen LogP contribution is -2.39. The molecule has 0 aromatic heterocycles. The molecule has 2 heterocycles.